The number of allylic oxidation sites excluding steroid dienone is 2. The first kappa shape index (κ1) is 19.0. The highest BCUT2D eigenvalue weighted by atomic mass is 16.5. The van der Waals surface area contributed by atoms with E-state index in [-0.39, 0.29) is 24.1 Å². The minimum absolute atomic E-state index is 0.138. The van der Waals surface area contributed by atoms with Gasteiger partial charge in [0.1, 0.15) is 6.04 Å². The highest BCUT2D eigenvalue weighted by molar-refractivity contribution is 6.08. The van der Waals surface area contributed by atoms with Crippen LogP contribution >= 0.6 is 0 Å². The summed E-state index contributed by atoms with van der Waals surface area (Å²) in [6.45, 7) is 0.925. The van der Waals surface area contributed by atoms with Gasteiger partial charge >= 0.3 is 5.97 Å². The van der Waals surface area contributed by atoms with Crippen molar-refractivity contribution in [3.05, 3.63) is 41.5 Å². The van der Waals surface area contributed by atoms with Gasteiger partial charge in [0.05, 0.1) is 18.3 Å². The molecule has 150 valence electrons. The van der Waals surface area contributed by atoms with Gasteiger partial charge in [0, 0.05) is 11.3 Å². The summed E-state index contributed by atoms with van der Waals surface area (Å²) >= 11 is 0. The van der Waals surface area contributed by atoms with Crippen LogP contribution in [0.5, 0.6) is 0 Å². The highest BCUT2D eigenvalue weighted by Crippen LogP contribution is 2.36. The van der Waals surface area contributed by atoms with E-state index in [4.69, 9.17) is 4.74 Å². The fraction of sp³-hybridized carbons (Fsp3) is 0.381. The number of fused-ring (bicyclic) bond motifs is 2. The lowest BCUT2D eigenvalue weighted by atomic mass is 9.85. The summed E-state index contributed by atoms with van der Waals surface area (Å²) in [7, 11) is 0. The van der Waals surface area contributed by atoms with Crippen molar-refractivity contribution in [2.24, 2.45) is 11.8 Å². The normalized spacial score (nSPS) is 23.5. The zero-order valence-corrected chi connectivity index (χ0v) is 15.8. The Morgan fingerprint density at radius 3 is 2.45 bits per heavy atom. The minimum atomic E-state index is -1.09. The summed E-state index contributed by atoms with van der Waals surface area (Å²) < 4.78 is 5.09. The summed E-state index contributed by atoms with van der Waals surface area (Å²) in [5.41, 5.74) is 1.70. The first-order valence-electron chi connectivity index (χ1n) is 9.51. The van der Waals surface area contributed by atoms with E-state index in [0.29, 0.717) is 29.7 Å². The second-order valence-corrected chi connectivity index (χ2v) is 7.51. The van der Waals surface area contributed by atoms with Gasteiger partial charge in [-0.2, -0.15) is 0 Å². The van der Waals surface area contributed by atoms with Crippen molar-refractivity contribution in [1.29, 1.82) is 0 Å². The second kappa shape index (κ2) is 7.27. The third-order valence-electron chi connectivity index (χ3n) is 5.67. The quantitative estimate of drug-likeness (QED) is 0.347. The number of nitrogens with zero attached hydrogens (tertiary/aromatic N) is 1. The molecule has 3 amide bonds. The van der Waals surface area contributed by atoms with Crippen LogP contribution in [0, 0.1) is 11.8 Å². The molecule has 1 aromatic rings. The Hall–Kier alpha value is -3.29. The van der Waals surface area contributed by atoms with Gasteiger partial charge in [0.15, 0.2) is 12.4 Å². The van der Waals surface area contributed by atoms with Gasteiger partial charge in [-0.1, -0.05) is 12.2 Å². The number of hydrogen-bond acceptors (Lipinski definition) is 6. The largest absolute Gasteiger partial charge is 0.456 e. The lowest BCUT2D eigenvalue weighted by molar-refractivity contribution is -0.157. The van der Waals surface area contributed by atoms with Gasteiger partial charge in [-0.25, -0.2) is 4.79 Å². The molecule has 1 saturated heterocycles. The Morgan fingerprint density at radius 2 is 1.79 bits per heavy atom. The predicted octanol–water partition coefficient (Wildman–Crippen LogP) is 1.25. The van der Waals surface area contributed by atoms with Crippen LogP contribution in [0.25, 0.3) is 0 Å². The average Bonchev–Trinajstić information content (AvgIpc) is 3.21. The van der Waals surface area contributed by atoms with Gasteiger partial charge < -0.3 is 10.1 Å². The molecule has 0 aromatic heterocycles. The molecule has 8 nitrogen and oxygen atoms in total. The van der Waals surface area contributed by atoms with Crippen LogP contribution in [0.3, 0.4) is 0 Å². The molecular formula is C21H20N2O6. The fourth-order valence-electron chi connectivity index (χ4n) is 4.06. The average molecular weight is 396 g/mol. The van der Waals surface area contributed by atoms with Crippen LogP contribution in [0.15, 0.2) is 30.4 Å². The number of hydrogen-bond donors (Lipinski definition) is 1. The molecule has 29 heavy (non-hydrogen) atoms. The third-order valence-corrected chi connectivity index (χ3v) is 5.67. The van der Waals surface area contributed by atoms with E-state index in [1.807, 2.05) is 12.2 Å². The molecule has 1 fully saturated rings. The molecule has 0 saturated carbocycles. The van der Waals surface area contributed by atoms with Crippen molar-refractivity contribution in [3.8, 4) is 0 Å². The second-order valence-electron chi connectivity index (χ2n) is 7.51. The number of nitrogens with one attached hydrogen (secondary N) is 1. The molecule has 2 heterocycles. The zero-order chi connectivity index (χ0) is 20.7. The maximum Gasteiger partial charge on any atom is 0.329 e. The van der Waals surface area contributed by atoms with Gasteiger partial charge in [0.2, 0.25) is 17.7 Å². The summed E-state index contributed by atoms with van der Waals surface area (Å²) in [6.07, 6.45) is 4.92. The summed E-state index contributed by atoms with van der Waals surface area (Å²) in [5, 5.41) is 2.68. The van der Waals surface area contributed by atoms with Crippen LogP contribution in [0.2, 0.25) is 0 Å². The molecule has 3 aliphatic rings. The molecule has 1 N–H and O–H groups in total. The van der Waals surface area contributed by atoms with Gasteiger partial charge in [0.25, 0.3) is 0 Å². The van der Waals surface area contributed by atoms with Crippen LogP contribution < -0.4 is 5.32 Å². The van der Waals surface area contributed by atoms with Gasteiger partial charge in [-0.05, 0) is 43.5 Å². The van der Waals surface area contributed by atoms with Gasteiger partial charge in [-0.15, -0.1) is 0 Å². The smallest absolute Gasteiger partial charge is 0.329 e. The summed E-state index contributed by atoms with van der Waals surface area (Å²) in [6, 6.07) is 3.69. The van der Waals surface area contributed by atoms with Crippen LogP contribution in [-0.2, 0) is 30.3 Å². The molecule has 3 atom stereocenters. The van der Waals surface area contributed by atoms with Crippen LogP contribution in [0.4, 0.5) is 5.69 Å². The maximum atomic E-state index is 12.6. The number of carbonyl (C=O) groups is 5. The van der Waals surface area contributed by atoms with Crippen LogP contribution in [0.1, 0.15) is 35.7 Å². The molecule has 1 aliphatic carbocycles. The van der Waals surface area contributed by atoms with Crippen molar-refractivity contribution in [3.63, 3.8) is 0 Å². The van der Waals surface area contributed by atoms with E-state index in [9.17, 15) is 24.0 Å². The number of anilines is 1. The highest BCUT2D eigenvalue weighted by Gasteiger charge is 2.50. The SMILES string of the molecule is C[C@@H](C(=O)OCC(=O)c1ccc2c(c1)CC(=O)N2)N1C(=O)[C@H]2CC=CC[C@H]2C1=O. The number of ether oxygens (including phenoxy) is 1. The number of imide groups is 1. The Morgan fingerprint density at radius 1 is 1.14 bits per heavy atom. The van der Waals surface area contributed by atoms with Gasteiger partial charge in [-0.3, -0.25) is 24.1 Å². The molecule has 0 spiro atoms. The first-order valence-corrected chi connectivity index (χ1v) is 9.51. The lowest BCUT2D eigenvalue weighted by Crippen LogP contribution is -2.44. The van der Waals surface area contributed by atoms with E-state index < -0.39 is 36.2 Å². The molecule has 4 rings (SSSR count). The fourth-order valence-corrected chi connectivity index (χ4v) is 4.06. The number of amides is 3. The van der Waals surface area contributed by atoms with E-state index in [2.05, 4.69) is 5.32 Å². The molecule has 1 aromatic carbocycles. The van der Waals surface area contributed by atoms with Crippen molar-refractivity contribution in [2.75, 3.05) is 11.9 Å². The van der Waals surface area contributed by atoms with E-state index >= 15 is 0 Å². The molecule has 8 heteroatoms. The number of likely N-dealkylation sites (tertiary alicyclic amines) is 1. The Kier molecular flexibility index (Phi) is 4.77. The van der Waals surface area contributed by atoms with Crippen molar-refractivity contribution in [2.45, 2.75) is 32.2 Å². The summed E-state index contributed by atoms with van der Waals surface area (Å²) in [5.74, 6) is -2.94. The zero-order valence-electron chi connectivity index (χ0n) is 15.8. The number of esters is 1. The predicted molar refractivity (Wildman–Crippen MR) is 101 cm³/mol. The van der Waals surface area contributed by atoms with Crippen molar-refractivity contribution < 1.29 is 28.7 Å². The first-order chi connectivity index (χ1) is 13.9. The Bertz CT molecular complexity index is 940. The molecule has 2 aliphatic heterocycles. The third kappa shape index (κ3) is 3.35. The monoisotopic (exact) mass is 396 g/mol. The van der Waals surface area contributed by atoms with E-state index in [1.165, 1.54) is 6.92 Å². The number of Topliss-reactive ketones (excluding diaryl/α,β-unsaturated/α-hetero) is 1. The maximum absolute atomic E-state index is 12.6. The number of rotatable bonds is 5. The lowest BCUT2D eigenvalue weighted by Gasteiger charge is -2.21. The molecule has 0 radical (unpaired) electrons. The number of carbonyl (C=O) groups excluding carboxylic acids is 5. The van der Waals surface area contributed by atoms with Crippen molar-refractivity contribution >= 4 is 35.2 Å². The molecular weight excluding hydrogens is 376 g/mol. The van der Waals surface area contributed by atoms with Crippen LogP contribution in [-0.4, -0.2) is 47.0 Å². The number of benzene rings is 1. The van der Waals surface area contributed by atoms with Crippen molar-refractivity contribution in [1.82, 2.24) is 4.90 Å². The minimum Gasteiger partial charge on any atom is -0.456 e. The standard InChI is InChI=1S/C21H20N2O6/c1-11(23-19(26)14-4-2-3-5-15(14)20(23)27)21(28)29-10-17(24)12-6-7-16-13(8-12)9-18(25)22-16/h2-3,6-8,11,14-15H,4-5,9-10H2,1H3,(H,22,25)/t11-,14-,15+/m0/s1. The molecule has 0 unspecified atom stereocenters. The van der Waals surface area contributed by atoms with E-state index in [0.717, 1.165) is 4.90 Å². The Labute approximate surface area is 166 Å². The number of ketones is 1. The summed E-state index contributed by atoms with van der Waals surface area (Å²) in [4.78, 5) is 62.3. The van der Waals surface area contributed by atoms with E-state index in [1.54, 1.807) is 18.2 Å². The molecule has 0 bridgehead atoms. The topological polar surface area (TPSA) is 110 Å². The Balaban J connectivity index is 1.38.